The highest BCUT2D eigenvalue weighted by Crippen LogP contribution is 2.22. The highest BCUT2D eigenvalue weighted by Gasteiger charge is 2.18. The highest BCUT2D eigenvalue weighted by molar-refractivity contribution is 5.99. The Bertz CT molecular complexity index is 538. The molecule has 0 heterocycles. The zero-order chi connectivity index (χ0) is 13.7. The number of ether oxygens (including phenoxy) is 1. The molecule has 0 aliphatic heterocycles. The van der Waals surface area contributed by atoms with Gasteiger partial charge in [-0.2, -0.15) is 5.26 Å². The zero-order valence-electron chi connectivity index (χ0n) is 10.7. The van der Waals surface area contributed by atoms with Gasteiger partial charge in [0.25, 0.3) is 0 Å². The van der Waals surface area contributed by atoms with Crippen LogP contribution in [0, 0.1) is 25.2 Å². The predicted octanol–water partition coefficient (Wildman–Crippen LogP) is 2.66. The molecule has 0 aliphatic carbocycles. The van der Waals surface area contributed by atoms with Crippen LogP contribution in [0.25, 0.3) is 5.57 Å². The van der Waals surface area contributed by atoms with Crippen molar-refractivity contribution in [2.75, 3.05) is 6.61 Å². The summed E-state index contributed by atoms with van der Waals surface area (Å²) in [5, 5.41) is 18.9. The fraction of sp³-hybridized carbons (Fsp3) is 0.286. The van der Waals surface area contributed by atoms with E-state index < -0.39 is 11.7 Å². The zero-order valence-corrected chi connectivity index (χ0v) is 10.7. The highest BCUT2D eigenvalue weighted by atomic mass is 16.5. The van der Waals surface area contributed by atoms with Crippen molar-refractivity contribution < 1.29 is 14.6 Å². The largest absolute Gasteiger partial charge is 0.501 e. The standard InChI is InChI=1S/C14H15NO3/c1-4-18-14(17)13(16)12(8-15)11-7-9(2)5-6-10(11)3/h5-7,16H,4H2,1-3H3. The van der Waals surface area contributed by atoms with Crippen molar-refractivity contribution >= 4 is 11.5 Å². The van der Waals surface area contributed by atoms with E-state index in [1.807, 2.05) is 32.0 Å². The van der Waals surface area contributed by atoms with Crippen LogP contribution in [0.3, 0.4) is 0 Å². The van der Waals surface area contributed by atoms with E-state index in [-0.39, 0.29) is 12.2 Å². The first-order valence-electron chi connectivity index (χ1n) is 5.59. The number of carbonyl (C=O) groups excluding carboxylic acids is 1. The maximum atomic E-state index is 11.4. The Hall–Kier alpha value is -2.28. The van der Waals surface area contributed by atoms with Crippen LogP contribution in [-0.4, -0.2) is 17.7 Å². The van der Waals surface area contributed by atoms with E-state index in [2.05, 4.69) is 4.74 Å². The molecule has 0 spiro atoms. The van der Waals surface area contributed by atoms with E-state index >= 15 is 0 Å². The van der Waals surface area contributed by atoms with Crippen LogP contribution >= 0.6 is 0 Å². The number of rotatable bonds is 3. The lowest BCUT2D eigenvalue weighted by Gasteiger charge is -2.08. The number of allylic oxidation sites excluding steroid dienone is 1. The first-order valence-corrected chi connectivity index (χ1v) is 5.59. The number of aliphatic hydroxyl groups excluding tert-OH is 1. The number of nitriles is 1. The number of hydrogen-bond donors (Lipinski definition) is 1. The number of carbonyl (C=O) groups is 1. The summed E-state index contributed by atoms with van der Waals surface area (Å²) in [6, 6.07) is 7.34. The van der Waals surface area contributed by atoms with Crippen LogP contribution in [0.5, 0.6) is 0 Å². The van der Waals surface area contributed by atoms with Gasteiger partial charge in [0.2, 0.25) is 5.76 Å². The molecule has 0 radical (unpaired) electrons. The second-order valence-electron chi connectivity index (χ2n) is 3.87. The van der Waals surface area contributed by atoms with Crippen molar-refractivity contribution in [1.82, 2.24) is 0 Å². The monoisotopic (exact) mass is 245 g/mol. The molecule has 0 atom stereocenters. The lowest BCUT2D eigenvalue weighted by atomic mass is 9.98. The van der Waals surface area contributed by atoms with Gasteiger partial charge in [-0.25, -0.2) is 4.79 Å². The molecule has 0 aliphatic rings. The average Bonchev–Trinajstić information content (AvgIpc) is 2.34. The second kappa shape index (κ2) is 5.87. The molecule has 94 valence electrons. The second-order valence-corrected chi connectivity index (χ2v) is 3.87. The fourth-order valence-electron chi connectivity index (χ4n) is 1.55. The molecule has 0 unspecified atom stereocenters. The molecular weight excluding hydrogens is 230 g/mol. The minimum Gasteiger partial charge on any atom is -0.501 e. The summed E-state index contributed by atoms with van der Waals surface area (Å²) < 4.78 is 4.68. The van der Waals surface area contributed by atoms with Gasteiger partial charge in [0.1, 0.15) is 11.6 Å². The SMILES string of the molecule is CCOC(=O)C(O)=C(C#N)c1cc(C)ccc1C. The molecule has 1 rings (SSSR count). The maximum Gasteiger partial charge on any atom is 0.374 e. The summed E-state index contributed by atoms with van der Waals surface area (Å²) in [4.78, 5) is 11.4. The Morgan fingerprint density at radius 3 is 2.67 bits per heavy atom. The molecule has 0 fully saturated rings. The normalized spacial score (nSPS) is 11.4. The summed E-state index contributed by atoms with van der Waals surface area (Å²) in [6.07, 6.45) is 0. The molecule has 1 N–H and O–H groups in total. The first kappa shape index (κ1) is 13.8. The van der Waals surface area contributed by atoms with Crippen molar-refractivity contribution in [1.29, 1.82) is 5.26 Å². The summed E-state index contributed by atoms with van der Waals surface area (Å²) in [6.45, 7) is 5.47. The molecule has 0 amide bonds. The molecule has 0 saturated heterocycles. The summed E-state index contributed by atoms with van der Waals surface area (Å²) >= 11 is 0. The van der Waals surface area contributed by atoms with Crippen molar-refractivity contribution in [2.45, 2.75) is 20.8 Å². The molecule has 0 aromatic heterocycles. The number of aryl methyl sites for hydroxylation is 2. The lowest BCUT2D eigenvalue weighted by Crippen LogP contribution is -2.09. The van der Waals surface area contributed by atoms with Crippen LogP contribution in [-0.2, 0) is 9.53 Å². The van der Waals surface area contributed by atoms with Crippen molar-refractivity contribution in [3.05, 3.63) is 40.6 Å². The molecule has 18 heavy (non-hydrogen) atoms. The third-order valence-electron chi connectivity index (χ3n) is 2.48. The molecule has 1 aromatic carbocycles. The van der Waals surface area contributed by atoms with Gasteiger partial charge in [-0.1, -0.05) is 23.8 Å². The van der Waals surface area contributed by atoms with Gasteiger partial charge in [0.05, 0.1) is 6.61 Å². The number of aliphatic hydroxyl groups is 1. The number of benzene rings is 1. The van der Waals surface area contributed by atoms with E-state index in [1.165, 1.54) is 0 Å². The van der Waals surface area contributed by atoms with Crippen molar-refractivity contribution in [3.63, 3.8) is 0 Å². The Kier molecular flexibility index (Phi) is 4.50. The van der Waals surface area contributed by atoms with Gasteiger partial charge in [-0.15, -0.1) is 0 Å². The minimum absolute atomic E-state index is 0.0605. The van der Waals surface area contributed by atoms with Gasteiger partial charge >= 0.3 is 5.97 Å². The Morgan fingerprint density at radius 2 is 2.11 bits per heavy atom. The molecule has 0 saturated carbocycles. The molecule has 0 bridgehead atoms. The lowest BCUT2D eigenvalue weighted by molar-refractivity contribution is -0.141. The van der Waals surface area contributed by atoms with E-state index in [9.17, 15) is 9.90 Å². The molecule has 4 heteroatoms. The van der Waals surface area contributed by atoms with Gasteiger partial charge in [0.15, 0.2) is 0 Å². The maximum absolute atomic E-state index is 11.4. The van der Waals surface area contributed by atoms with Gasteiger partial charge < -0.3 is 9.84 Å². The summed E-state index contributed by atoms with van der Waals surface area (Å²) in [5.74, 6) is -1.52. The number of nitrogens with zero attached hydrogens (tertiary/aromatic N) is 1. The smallest absolute Gasteiger partial charge is 0.374 e. The summed E-state index contributed by atoms with van der Waals surface area (Å²) in [7, 11) is 0. The topological polar surface area (TPSA) is 70.3 Å². The first-order chi connectivity index (χ1) is 8.51. The van der Waals surface area contributed by atoms with E-state index in [1.54, 1.807) is 13.0 Å². The van der Waals surface area contributed by atoms with Crippen LogP contribution < -0.4 is 0 Å². The van der Waals surface area contributed by atoms with E-state index in [0.29, 0.717) is 5.56 Å². The molecule has 1 aromatic rings. The fourth-order valence-corrected chi connectivity index (χ4v) is 1.55. The van der Waals surface area contributed by atoms with Crippen molar-refractivity contribution in [2.24, 2.45) is 0 Å². The van der Waals surface area contributed by atoms with Crippen LogP contribution in [0.4, 0.5) is 0 Å². The minimum atomic E-state index is -0.880. The number of esters is 1. The Labute approximate surface area is 106 Å². The van der Waals surface area contributed by atoms with Gasteiger partial charge in [-0.3, -0.25) is 0 Å². The molecule has 4 nitrogen and oxygen atoms in total. The third-order valence-corrected chi connectivity index (χ3v) is 2.48. The van der Waals surface area contributed by atoms with E-state index in [0.717, 1.165) is 11.1 Å². The van der Waals surface area contributed by atoms with Crippen LogP contribution in [0.15, 0.2) is 24.0 Å². The Balaban J connectivity index is 3.34. The van der Waals surface area contributed by atoms with E-state index in [4.69, 9.17) is 5.26 Å². The van der Waals surface area contributed by atoms with Crippen LogP contribution in [0.1, 0.15) is 23.6 Å². The number of hydrogen-bond acceptors (Lipinski definition) is 4. The summed E-state index contributed by atoms with van der Waals surface area (Å²) in [5.41, 5.74) is 2.24. The molecular formula is C14H15NO3. The van der Waals surface area contributed by atoms with Gasteiger partial charge in [-0.05, 0) is 31.9 Å². The Morgan fingerprint density at radius 1 is 1.44 bits per heavy atom. The van der Waals surface area contributed by atoms with Crippen LogP contribution in [0.2, 0.25) is 0 Å². The average molecular weight is 245 g/mol. The predicted molar refractivity (Wildman–Crippen MR) is 67.7 cm³/mol. The van der Waals surface area contributed by atoms with Gasteiger partial charge in [0, 0.05) is 0 Å². The quantitative estimate of drug-likeness (QED) is 0.384. The van der Waals surface area contributed by atoms with Crippen molar-refractivity contribution in [3.8, 4) is 6.07 Å². The third kappa shape index (κ3) is 2.89.